The van der Waals surface area contributed by atoms with Gasteiger partial charge < -0.3 is 15.8 Å². The lowest BCUT2D eigenvalue weighted by Gasteiger charge is -2.22. The van der Waals surface area contributed by atoms with E-state index in [0.29, 0.717) is 30.2 Å². The molecule has 2 fully saturated rings. The Labute approximate surface area is 272 Å². The summed E-state index contributed by atoms with van der Waals surface area (Å²) in [5.41, 5.74) is 5.12. The van der Waals surface area contributed by atoms with Crippen molar-refractivity contribution in [3.63, 3.8) is 0 Å². The molecule has 0 spiro atoms. The predicted octanol–water partition coefficient (Wildman–Crippen LogP) is 3.76. The molecule has 0 unspecified atom stereocenters. The Balaban J connectivity index is 0.000000193. The fraction of sp³-hybridized carbons (Fsp3) is 0.387. The van der Waals surface area contributed by atoms with Gasteiger partial charge in [0, 0.05) is 72.2 Å². The number of amides is 1. The fourth-order valence-electron chi connectivity index (χ4n) is 5.54. The summed E-state index contributed by atoms with van der Waals surface area (Å²) >= 11 is 0. The minimum absolute atomic E-state index is 0.0241. The number of halogens is 2. The van der Waals surface area contributed by atoms with E-state index in [9.17, 15) is 30.4 Å². The summed E-state index contributed by atoms with van der Waals surface area (Å²) in [6.45, 7) is 6.22. The van der Waals surface area contributed by atoms with E-state index in [-0.39, 0.29) is 52.3 Å². The van der Waals surface area contributed by atoms with Gasteiger partial charge in [0.25, 0.3) is 0 Å². The predicted molar refractivity (Wildman–Crippen MR) is 171 cm³/mol. The Kier molecular flexibility index (Phi) is 9.80. The van der Waals surface area contributed by atoms with E-state index in [1.807, 2.05) is 0 Å². The van der Waals surface area contributed by atoms with Gasteiger partial charge in [-0.15, -0.1) is 0 Å². The first-order valence-electron chi connectivity index (χ1n) is 14.9. The number of rotatable bonds is 5. The number of aromatic nitrogens is 2. The van der Waals surface area contributed by atoms with Crippen molar-refractivity contribution < 1.29 is 35.1 Å². The second-order valence-electron chi connectivity index (χ2n) is 12.4. The zero-order valence-corrected chi connectivity index (χ0v) is 27.7. The van der Waals surface area contributed by atoms with E-state index < -0.39 is 43.4 Å². The Morgan fingerprint density at radius 1 is 0.830 bits per heavy atom. The van der Waals surface area contributed by atoms with Crippen molar-refractivity contribution in [1.29, 1.82) is 0 Å². The molecule has 47 heavy (non-hydrogen) atoms. The highest BCUT2D eigenvalue weighted by Gasteiger charge is 2.36. The summed E-state index contributed by atoms with van der Waals surface area (Å²) in [6.07, 6.45) is 5.38. The number of benzene rings is 2. The molecule has 0 radical (unpaired) electrons. The SMILES string of the molecule is CC(C)(C)OC(=O)N[C@@H]1CCN(S(=O)(=O)c2cccc3cncc(F)c23)C1.N[C@@H]1CCN(S(=O)(=O)c2cccc3cncc(F)c23)C1. The highest BCUT2D eigenvalue weighted by molar-refractivity contribution is 7.89. The van der Waals surface area contributed by atoms with Gasteiger partial charge in [-0.2, -0.15) is 8.61 Å². The van der Waals surface area contributed by atoms with Crippen LogP contribution < -0.4 is 11.1 Å². The minimum Gasteiger partial charge on any atom is -0.444 e. The van der Waals surface area contributed by atoms with E-state index in [1.165, 1.54) is 33.1 Å². The van der Waals surface area contributed by atoms with Crippen molar-refractivity contribution >= 4 is 47.7 Å². The second kappa shape index (κ2) is 13.4. The number of carbonyl (C=O) groups is 1. The maximum absolute atomic E-state index is 14.3. The lowest BCUT2D eigenvalue weighted by atomic mass is 10.2. The minimum atomic E-state index is -3.92. The summed E-state index contributed by atoms with van der Waals surface area (Å²) < 4.78 is 87.4. The summed E-state index contributed by atoms with van der Waals surface area (Å²) in [7, 11) is -7.65. The number of ether oxygens (including phenoxy) is 1. The summed E-state index contributed by atoms with van der Waals surface area (Å²) in [5, 5.41) is 3.68. The Morgan fingerprint density at radius 3 is 1.79 bits per heavy atom. The van der Waals surface area contributed by atoms with E-state index in [1.54, 1.807) is 45.0 Å². The van der Waals surface area contributed by atoms with Crippen LogP contribution in [0.3, 0.4) is 0 Å². The van der Waals surface area contributed by atoms with E-state index >= 15 is 0 Å². The van der Waals surface area contributed by atoms with Gasteiger partial charge in [0.2, 0.25) is 20.0 Å². The largest absolute Gasteiger partial charge is 0.444 e. The van der Waals surface area contributed by atoms with Gasteiger partial charge in [0.1, 0.15) is 5.60 Å². The highest BCUT2D eigenvalue weighted by atomic mass is 32.2. The molecule has 2 atom stereocenters. The van der Waals surface area contributed by atoms with Crippen molar-refractivity contribution in [1.82, 2.24) is 23.9 Å². The molecule has 2 aliphatic heterocycles. The van der Waals surface area contributed by atoms with Gasteiger partial charge in [-0.05, 0) is 45.7 Å². The van der Waals surface area contributed by atoms with Gasteiger partial charge in [0.05, 0.1) is 22.2 Å². The van der Waals surface area contributed by atoms with Gasteiger partial charge in [-0.3, -0.25) is 9.97 Å². The normalized spacial score (nSPS) is 19.4. The van der Waals surface area contributed by atoms with Gasteiger partial charge >= 0.3 is 6.09 Å². The number of nitrogens with one attached hydrogen (secondary N) is 1. The third kappa shape index (κ3) is 7.51. The number of nitrogens with two attached hydrogens (primary N) is 1. The molecule has 12 nitrogen and oxygen atoms in total. The highest BCUT2D eigenvalue weighted by Crippen LogP contribution is 2.30. The molecule has 0 bridgehead atoms. The number of sulfonamides is 2. The molecule has 2 aromatic carbocycles. The van der Waals surface area contributed by atoms with Crippen molar-refractivity contribution in [3.05, 3.63) is 72.8 Å². The number of hydrogen-bond acceptors (Lipinski definition) is 9. The molecule has 4 aromatic rings. The Bertz CT molecular complexity index is 2010. The van der Waals surface area contributed by atoms with Crippen molar-refractivity contribution in [3.8, 4) is 0 Å². The van der Waals surface area contributed by atoms with Crippen LogP contribution in [0.2, 0.25) is 0 Å². The van der Waals surface area contributed by atoms with Crippen molar-refractivity contribution in [2.24, 2.45) is 5.73 Å². The Morgan fingerprint density at radius 2 is 1.32 bits per heavy atom. The topological polar surface area (TPSA) is 165 Å². The van der Waals surface area contributed by atoms with Crippen LogP contribution in [0.25, 0.3) is 21.5 Å². The number of hydrogen-bond donors (Lipinski definition) is 2. The van der Waals surface area contributed by atoms with Crippen LogP contribution in [0.4, 0.5) is 13.6 Å². The first kappa shape index (κ1) is 34.5. The van der Waals surface area contributed by atoms with E-state index in [0.717, 1.165) is 12.4 Å². The first-order chi connectivity index (χ1) is 22.1. The second-order valence-corrected chi connectivity index (χ2v) is 16.2. The third-order valence-corrected chi connectivity index (χ3v) is 11.5. The standard InChI is InChI=1S/C18H22FN3O4S.C13H14FN3O2S/c1-18(2,3)26-17(23)21-13-7-8-22(11-13)27(24,25)15-6-4-5-12-9-20-10-14(19)16(12)15;14-11-7-16-6-9-2-1-3-12(13(9)11)20(18,19)17-5-4-10(15)8-17/h4-6,9-10,13H,7-8,11H2,1-3H3,(H,21,23);1-3,6-7,10H,4-5,8,15H2/t13-;10-/m11/s1. The average molecular weight is 691 g/mol. The van der Waals surface area contributed by atoms with Crippen LogP contribution in [0.1, 0.15) is 33.6 Å². The fourth-order valence-corrected chi connectivity index (χ4v) is 9.00. The molecular formula is C31H36F2N6O6S2. The van der Waals surface area contributed by atoms with Gasteiger partial charge in [0.15, 0.2) is 11.6 Å². The van der Waals surface area contributed by atoms with Crippen LogP contribution in [0, 0.1) is 11.6 Å². The van der Waals surface area contributed by atoms with E-state index in [4.69, 9.17) is 10.5 Å². The van der Waals surface area contributed by atoms with Crippen molar-refractivity contribution in [2.45, 2.75) is 61.1 Å². The molecule has 0 aliphatic carbocycles. The van der Waals surface area contributed by atoms with Crippen molar-refractivity contribution in [2.75, 3.05) is 26.2 Å². The number of carbonyl (C=O) groups excluding carboxylic acids is 1. The molecule has 2 aromatic heterocycles. The van der Waals surface area contributed by atoms with Crippen LogP contribution in [0.5, 0.6) is 0 Å². The van der Waals surface area contributed by atoms with Gasteiger partial charge in [-0.1, -0.05) is 24.3 Å². The number of alkyl carbamates (subject to hydrolysis) is 1. The monoisotopic (exact) mass is 690 g/mol. The zero-order chi connectivity index (χ0) is 34.1. The zero-order valence-electron chi connectivity index (χ0n) is 26.1. The van der Waals surface area contributed by atoms with Gasteiger partial charge in [-0.25, -0.2) is 30.4 Å². The molecular weight excluding hydrogens is 655 g/mol. The molecule has 16 heteroatoms. The smallest absolute Gasteiger partial charge is 0.407 e. The Hall–Kier alpha value is -3.83. The lowest BCUT2D eigenvalue weighted by molar-refractivity contribution is 0.0507. The average Bonchev–Trinajstić information content (AvgIpc) is 3.66. The number of pyridine rings is 2. The maximum atomic E-state index is 14.3. The molecule has 252 valence electrons. The molecule has 2 aliphatic rings. The molecule has 6 rings (SSSR count). The van der Waals surface area contributed by atoms with Crippen LogP contribution in [-0.2, 0) is 24.8 Å². The van der Waals surface area contributed by atoms with Crippen LogP contribution in [-0.4, -0.2) is 85.4 Å². The molecule has 3 N–H and O–H groups in total. The maximum Gasteiger partial charge on any atom is 0.407 e. The summed E-state index contributed by atoms with van der Waals surface area (Å²) in [6, 6.07) is 8.68. The first-order valence-corrected chi connectivity index (χ1v) is 17.8. The quantitative estimate of drug-likeness (QED) is 0.317. The van der Waals surface area contributed by atoms with Crippen LogP contribution >= 0.6 is 0 Å². The number of fused-ring (bicyclic) bond motifs is 2. The summed E-state index contributed by atoms with van der Waals surface area (Å²) in [5.74, 6) is -1.32. The summed E-state index contributed by atoms with van der Waals surface area (Å²) in [4.78, 5) is 19.3. The van der Waals surface area contributed by atoms with Crippen LogP contribution in [0.15, 0.2) is 71.0 Å². The lowest BCUT2D eigenvalue weighted by Crippen LogP contribution is -2.41. The molecule has 4 heterocycles. The molecule has 0 saturated carbocycles. The molecule has 1 amide bonds. The number of nitrogens with zero attached hydrogens (tertiary/aromatic N) is 4. The third-order valence-electron chi connectivity index (χ3n) is 7.69. The molecule has 2 saturated heterocycles. The van der Waals surface area contributed by atoms with E-state index in [2.05, 4.69) is 15.3 Å².